The van der Waals surface area contributed by atoms with Crippen LogP contribution in [0.5, 0.6) is 0 Å². The first kappa shape index (κ1) is 62.5. The standard InChI is InChI=1S/C86H60Si2.2C6H6/c1-13-37-61(38-14-1)73-74(62-39-15-2-16-40-62)80(68-51-27-8-28-52-68)87(79(73)67-49-25-7-26-50-67)83(71-57-33-11-34-58-71)77(65-45-21-5-22-46-65)86-85(87)78(66-47-23-6-24-48-66)84(72-59-35-12-36-60-72)88(86)81(69-53-29-9-30-54-69)75(63-41-17-3-18-42-63)76(64-43-19-4-20-44-64)82(88)70-55-31-10-32-56-70;2*1-2-4-6-5-3-1/h1-60H;2*1-6H. The van der Waals surface area contributed by atoms with Crippen molar-refractivity contribution in [2.45, 2.75) is 0 Å². The monoisotopic (exact) mass is 1300 g/mol. The van der Waals surface area contributed by atoms with E-state index in [2.05, 4.69) is 364 Å². The van der Waals surface area contributed by atoms with Crippen LogP contribution in [-0.4, -0.2) is 16.1 Å². The molecule has 0 N–H and O–H groups in total. The lowest BCUT2D eigenvalue weighted by molar-refractivity contribution is 1.58. The zero-order valence-corrected chi connectivity index (χ0v) is 57.6. The van der Waals surface area contributed by atoms with E-state index in [9.17, 15) is 0 Å². The summed E-state index contributed by atoms with van der Waals surface area (Å²) in [6.45, 7) is 0. The Morgan fingerprint density at radius 1 is 0.0900 bits per heavy atom. The van der Waals surface area contributed by atoms with E-state index < -0.39 is 16.1 Å². The average Bonchev–Trinajstić information content (AvgIpc) is 1.45. The molecule has 2 heteroatoms. The largest absolute Gasteiger partial charge is 0.183 e. The normalized spacial score (nSPS) is 14.9. The molecule has 100 heavy (non-hydrogen) atoms. The maximum absolute atomic E-state index is 3.98. The van der Waals surface area contributed by atoms with Crippen molar-refractivity contribution in [1.29, 1.82) is 0 Å². The molecule has 4 heterocycles. The summed E-state index contributed by atoms with van der Waals surface area (Å²) in [4.78, 5) is 0. The molecule has 0 amide bonds. The molecule has 0 fully saturated rings. The zero-order valence-electron chi connectivity index (χ0n) is 55.6. The van der Waals surface area contributed by atoms with Gasteiger partial charge in [0.2, 0.25) is 0 Å². The van der Waals surface area contributed by atoms with Gasteiger partial charge in [0.25, 0.3) is 0 Å². The molecular formula is C98H72Si2. The highest BCUT2D eigenvalue weighted by atomic mass is 28.3. The van der Waals surface area contributed by atoms with Crippen molar-refractivity contribution in [2.24, 2.45) is 0 Å². The van der Waals surface area contributed by atoms with E-state index in [0.717, 1.165) is 0 Å². The lowest BCUT2D eigenvalue weighted by atomic mass is 9.89. The van der Waals surface area contributed by atoms with Crippen LogP contribution in [0.25, 0.3) is 64.6 Å². The van der Waals surface area contributed by atoms with Crippen LogP contribution in [0.15, 0.2) is 447 Å². The number of fused-ring (bicyclic) bond motifs is 2. The minimum absolute atomic E-state index is 1.20. The van der Waals surface area contributed by atoms with Crippen molar-refractivity contribution in [1.82, 2.24) is 0 Å². The van der Waals surface area contributed by atoms with Gasteiger partial charge in [-0.3, -0.25) is 0 Å². The molecule has 0 bridgehead atoms. The van der Waals surface area contributed by atoms with Gasteiger partial charge in [-0.25, -0.2) is 0 Å². The summed E-state index contributed by atoms with van der Waals surface area (Å²) in [7, 11) is -7.95. The first-order valence-electron chi connectivity index (χ1n) is 34.7. The molecule has 14 aromatic rings. The molecule has 14 aromatic carbocycles. The van der Waals surface area contributed by atoms with E-state index in [0.29, 0.717) is 0 Å². The van der Waals surface area contributed by atoms with Gasteiger partial charge in [-0.05, 0) is 142 Å². The van der Waals surface area contributed by atoms with Crippen LogP contribution in [-0.2, 0) is 0 Å². The molecule has 0 aliphatic carbocycles. The van der Waals surface area contributed by atoms with Crippen molar-refractivity contribution in [3.8, 4) is 0 Å². The molecule has 472 valence electrons. The molecule has 0 aromatic heterocycles. The van der Waals surface area contributed by atoms with Crippen LogP contribution in [0.4, 0.5) is 0 Å². The molecule has 2 spiro atoms. The van der Waals surface area contributed by atoms with Gasteiger partial charge < -0.3 is 0 Å². The lowest BCUT2D eigenvalue weighted by Crippen LogP contribution is -2.41. The second-order valence-electron chi connectivity index (χ2n) is 25.5. The second-order valence-corrected chi connectivity index (χ2v) is 32.5. The van der Waals surface area contributed by atoms with Crippen LogP contribution in [0.1, 0.15) is 66.8 Å². The number of allylic oxidation sites excluding steroid dienone is 8. The summed E-state index contributed by atoms with van der Waals surface area (Å²) in [6.07, 6.45) is 0. The third-order valence-corrected chi connectivity index (χ3v) is 30.3. The Morgan fingerprint density at radius 3 is 0.330 bits per heavy atom. The fourth-order valence-corrected chi connectivity index (χ4v) is 30.4. The Bertz CT molecular complexity index is 4790. The highest BCUT2D eigenvalue weighted by Gasteiger charge is 2.70. The maximum Gasteiger partial charge on any atom is 0.183 e. The Morgan fingerprint density at radius 2 is 0.190 bits per heavy atom. The first-order chi connectivity index (χ1) is 49.8. The molecule has 0 saturated heterocycles. The number of hydrogen-bond donors (Lipinski definition) is 0. The number of rotatable bonds is 12. The van der Waals surface area contributed by atoms with E-state index in [4.69, 9.17) is 0 Å². The van der Waals surface area contributed by atoms with Gasteiger partial charge in [0, 0.05) is 0 Å². The molecule has 0 saturated carbocycles. The van der Waals surface area contributed by atoms with Gasteiger partial charge in [-0.1, -0.05) is 437 Å². The number of hydrogen-bond acceptors (Lipinski definition) is 0. The molecule has 0 nitrogen and oxygen atoms in total. The van der Waals surface area contributed by atoms with Gasteiger partial charge in [0.05, 0.1) is 0 Å². The van der Waals surface area contributed by atoms with Gasteiger partial charge in [0.15, 0.2) is 16.1 Å². The van der Waals surface area contributed by atoms with Crippen molar-refractivity contribution in [2.75, 3.05) is 0 Å². The molecule has 0 unspecified atom stereocenters. The van der Waals surface area contributed by atoms with E-state index in [1.807, 2.05) is 72.8 Å². The second kappa shape index (κ2) is 28.4. The summed E-state index contributed by atoms with van der Waals surface area (Å²) in [5.74, 6) is 0. The molecule has 0 atom stereocenters. The maximum atomic E-state index is 2.45. The number of benzene rings is 14. The first-order valence-corrected chi connectivity index (χ1v) is 38.7. The average molecular weight is 1310 g/mol. The zero-order chi connectivity index (χ0) is 66.9. The molecule has 4 aliphatic heterocycles. The Balaban J connectivity index is 0.000000589. The smallest absolute Gasteiger partial charge is 0.0623 e. The fraction of sp³-hybridized carbons (Fsp3) is 0. The SMILES string of the molecule is c1ccc(C2=C(c3ccccc3)[Si]3(C4=C(C(c5ccccc5)=C3c3ccccc3)[Si]3(C(c5ccccc5)=C(c5ccccc5)C(c5ccccc5)=C3c3ccccc3)C(c3ccccc3)=C4c3ccccc3)C(c3ccccc3)=C2c2ccccc2)cc1.c1ccccc1.c1ccccc1. The van der Waals surface area contributed by atoms with Crippen LogP contribution >= 0.6 is 0 Å². The predicted octanol–water partition coefficient (Wildman–Crippen LogP) is 24.6. The lowest BCUT2D eigenvalue weighted by Gasteiger charge is -2.40. The third kappa shape index (κ3) is 11.1. The quantitative estimate of drug-likeness (QED) is 0.107. The molecule has 0 radical (unpaired) electrons. The van der Waals surface area contributed by atoms with Crippen LogP contribution in [0.3, 0.4) is 0 Å². The van der Waals surface area contributed by atoms with Crippen LogP contribution in [0, 0.1) is 0 Å². The van der Waals surface area contributed by atoms with E-state index in [1.165, 1.54) is 142 Å². The molecule has 4 aliphatic rings. The van der Waals surface area contributed by atoms with E-state index in [1.54, 1.807) is 0 Å². The van der Waals surface area contributed by atoms with Crippen LogP contribution < -0.4 is 0 Å². The van der Waals surface area contributed by atoms with Gasteiger partial charge in [0.1, 0.15) is 0 Å². The van der Waals surface area contributed by atoms with Crippen LogP contribution in [0.2, 0.25) is 0 Å². The summed E-state index contributed by atoms with van der Waals surface area (Å²) >= 11 is 0. The molecular weight excluding hydrogens is 1230 g/mol. The van der Waals surface area contributed by atoms with Crippen molar-refractivity contribution in [3.63, 3.8) is 0 Å². The predicted molar refractivity (Wildman–Crippen MR) is 430 cm³/mol. The van der Waals surface area contributed by atoms with Crippen molar-refractivity contribution >= 4 is 80.8 Å². The summed E-state index contributed by atoms with van der Waals surface area (Å²) in [5, 5.41) is 11.4. The van der Waals surface area contributed by atoms with E-state index >= 15 is 0 Å². The van der Waals surface area contributed by atoms with E-state index in [-0.39, 0.29) is 0 Å². The highest BCUT2D eigenvalue weighted by Crippen LogP contribution is 2.76. The highest BCUT2D eigenvalue weighted by molar-refractivity contribution is 7.39. The molecule has 18 rings (SSSR count). The minimum Gasteiger partial charge on any atom is -0.0623 e. The fourth-order valence-electron chi connectivity index (χ4n) is 16.3. The minimum atomic E-state index is -3.98. The van der Waals surface area contributed by atoms with Gasteiger partial charge in [-0.2, -0.15) is 0 Å². The van der Waals surface area contributed by atoms with Crippen molar-refractivity contribution in [3.05, 3.63) is 514 Å². The van der Waals surface area contributed by atoms with Gasteiger partial charge in [-0.15, -0.1) is 0 Å². The third-order valence-electron chi connectivity index (χ3n) is 19.8. The Labute approximate surface area is 590 Å². The summed E-state index contributed by atoms with van der Waals surface area (Å²) in [5.41, 5.74) is 22.5. The van der Waals surface area contributed by atoms with Gasteiger partial charge >= 0.3 is 0 Å². The Hall–Kier alpha value is -12.3. The topological polar surface area (TPSA) is 0 Å². The van der Waals surface area contributed by atoms with Crippen molar-refractivity contribution < 1.29 is 0 Å². The summed E-state index contributed by atoms with van der Waals surface area (Å²) < 4.78 is 0. The Kier molecular flexibility index (Phi) is 17.8. The summed E-state index contributed by atoms with van der Waals surface area (Å²) in [6, 6.07) is 163.